The Hall–Kier alpha value is -2.30. The summed E-state index contributed by atoms with van der Waals surface area (Å²) in [6.45, 7) is 4.55. The first-order valence-corrected chi connectivity index (χ1v) is 7.91. The quantitative estimate of drug-likeness (QED) is 0.650. The largest absolute Gasteiger partial charge is 0.494 e. The van der Waals surface area contributed by atoms with Gasteiger partial charge in [0.1, 0.15) is 11.8 Å². The highest BCUT2D eigenvalue weighted by atomic mass is 16.5. The molecule has 1 rings (SSSR count). The first-order chi connectivity index (χ1) is 11.1. The van der Waals surface area contributed by atoms with Crippen molar-refractivity contribution < 1.29 is 19.4 Å². The highest BCUT2D eigenvalue weighted by molar-refractivity contribution is 5.83. The van der Waals surface area contributed by atoms with E-state index in [9.17, 15) is 9.59 Å². The standard InChI is InChI=1S/C18H25NO4/c1-3-5-6-16(18(21)22)19-17(20)12-9-14-7-10-15(11-8-14)23-13-4-2/h3,5,7-8,10-11,16H,4,6,9,12-13H2,1-2H3,(H,19,20)(H,21,22)/b5-3+. The fraction of sp³-hybridized carbons (Fsp3) is 0.444. The van der Waals surface area contributed by atoms with Gasteiger partial charge in [0.25, 0.3) is 0 Å². The van der Waals surface area contributed by atoms with Gasteiger partial charge >= 0.3 is 5.97 Å². The zero-order chi connectivity index (χ0) is 17.1. The number of carboxylic acids is 1. The van der Waals surface area contributed by atoms with E-state index in [1.807, 2.05) is 38.1 Å². The first kappa shape index (κ1) is 18.7. The van der Waals surface area contributed by atoms with Crippen molar-refractivity contribution in [3.8, 4) is 5.75 Å². The topological polar surface area (TPSA) is 75.6 Å². The summed E-state index contributed by atoms with van der Waals surface area (Å²) in [4.78, 5) is 23.0. The number of carbonyl (C=O) groups is 2. The minimum Gasteiger partial charge on any atom is -0.494 e. The van der Waals surface area contributed by atoms with Crippen LogP contribution in [0.1, 0.15) is 38.7 Å². The van der Waals surface area contributed by atoms with E-state index in [0.29, 0.717) is 19.4 Å². The molecule has 5 heteroatoms. The third-order valence-electron chi connectivity index (χ3n) is 3.28. The summed E-state index contributed by atoms with van der Waals surface area (Å²) in [5.74, 6) is -0.459. The van der Waals surface area contributed by atoms with Crippen LogP contribution >= 0.6 is 0 Å². The summed E-state index contributed by atoms with van der Waals surface area (Å²) in [6.07, 6.45) is 5.57. The highest BCUT2D eigenvalue weighted by Gasteiger charge is 2.17. The van der Waals surface area contributed by atoms with Crippen molar-refractivity contribution in [2.45, 2.75) is 45.6 Å². The lowest BCUT2D eigenvalue weighted by atomic mass is 10.1. The van der Waals surface area contributed by atoms with Gasteiger partial charge in [-0.15, -0.1) is 0 Å². The molecule has 0 aromatic heterocycles. The van der Waals surface area contributed by atoms with E-state index in [1.165, 1.54) is 0 Å². The summed E-state index contributed by atoms with van der Waals surface area (Å²) in [7, 11) is 0. The van der Waals surface area contributed by atoms with E-state index in [0.717, 1.165) is 17.7 Å². The van der Waals surface area contributed by atoms with Gasteiger partial charge in [0.05, 0.1) is 6.61 Å². The Morgan fingerprint density at radius 2 is 2.00 bits per heavy atom. The molecular weight excluding hydrogens is 294 g/mol. The minimum atomic E-state index is -1.02. The van der Waals surface area contributed by atoms with Gasteiger partial charge in [-0.2, -0.15) is 0 Å². The molecular formula is C18H25NO4. The molecule has 0 heterocycles. The van der Waals surface area contributed by atoms with Crippen LogP contribution in [0.25, 0.3) is 0 Å². The number of aliphatic carboxylic acids is 1. The molecule has 0 fully saturated rings. The van der Waals surface area contributed by atoms with Crippen molar-refractivity contribution in [3.05, 3.63) is 42.0 Å². The molecule has 5 nitrogen and oxygen atoms in total. The summed E-state index contributed by atoms with van der Waals surface area (Å²) >= 11 is 0. The zero-order valence-electron chi connectivity index (χ0n) is 13.7. The number of carboxylic acid groups (broad SMARTS) is 1. The Kier molecular flexibility index (Phi) is 8.50. The van der Waals surface area contributed by atoms with Gasteiger partial charge in [-0.3, -0.25) is 4.79 Å². The molecule has 0 radical (unpaired) electrons. The van der Waals surface area contributed by atoms with Gasteiger partial charge in [-0.05, 0) is 43.9 Å². The van der Waals surface area contributed by atoms with Crippen LogP contribution in [-0.2, 0) is 16.0 Å². The molecule has 1 aromatic rings. The summed E-state index contributed by atoms with van der Waals surface area (Å²) < 4.78 is 5.50. The molecule has 1 amide bonds. The van der Waals surface area contributed by atoms with Crippen LogP contribution in [0.5, 0.6) is 5.75 Å². The van der Waals surface area contributed by atoms with E-state index in [2.05, 4.69) is 5.32 Å². The molecule has 1 unspecified atom stereocenters. The molecule has 23 heavy (non-hydrogen) atoms. The molecule has 0 bridgehead atoms. The lowest BCUT2D eigenvalue weighted by Gasteiger charge is -2.12. The van der Waals surface area contributed by atoms with Crippen LogP contribution in [0.2, 0.25) is 0 Å². The molecule has 0 aliphatic heterocycles. The van der Waals surface area contributed by atoms with Crippen LogP contribution in [0.4, 0.5) is 0 Å². The zero-order valence-corrected chi connectivity index (χ0v) is 13.7. The second-order valence-electron chi connectivity index (χ2n) is 5.26. The smallest absolute Gasteiger partial charge is 0.326 e. The minimum absolute atomic E-state index is 0.256. The number of nitrogens with one attached hydrogen (secondary N) is 1. The average Bonchev–Trinajstić information content (AvgIpc) is 2.55. The van der Waals surface area contributed by atoms with Crippen LogP contribution in [0, 0.1) is 0 Å². The number of benzene rings is 1. The lowest BCUT2D eigenvalue weighted by molar-refractivity contribution is -0.141. The number of hydrogen-bond acceptors (Lipinski definition) is 3. The van der Waals surface area contributed by atoms with Gasteiger partial charge in [-0.1, -0.05) is 31.2 Å². The van der Waals surface area contributed by atoms with Crippen molar-refractivity contribution in [2.24, 2.45) is 0 Å². The SMILES string of the molecule is C/C=C/CC(NC(=O)CCc1ccc(OCCC)cc1)C(=O)O. The lowest BCUT2D eigenvalue weighted by Crippen LogP contribution is -2.40. The fourth-order valence-electron chi connectivity index (χ4n) is 1.99. The normalized spacial score (nSPS) is 12.1. The Morgan fingerprint density at radius 1 is 1.30 bits per heavy atom. The van der Waals surface area contributed by atoms with Crippen LogP contribution in [-0.4, -0.2) is 29.6 Å². The van der Waals surface area contributed by atoms with Gasteiger partial charge in [0.2, 0.25) is 5.91 Å². The van der Waals surface area contributed by atoms with E-state index < -0.39 is 12.0 Å². The highest BCUT2D eigenvalue weighted by Crippen LogP contribution is 2.13. The summed E-state index contributed by atoms with van der Waals surface area (Å²) in [5, 5.41) is 11.6. The number of allylic oxidation sites excluding steroid dienone is 1. The Balaban J connectivity index is 2.43. The Bertz CT molecular complexity index is 522. The van der Waals surface area contributed by atoms with Crippen molar-refractivity contribution in [1.82, 2.24) is 5.32 Å². The molecule has 0 aliphatic rings. The second kappa shape index (κ2) is 10.4. The number of carbonyl (C=O) groups excluding carboxylic acids is 1. The molecule has 126 valence electrons. The number of hydrogen-bond donors (Lipinski definition) is 2. The van der Waals surface area contributed by atoms with Gasteiger partial charge in [-0.25, -0.2) is 4.79 Å². The fourth-order valence-corrected chi connectivity index (χ4v) is 1.99. The molecule has 2 N–H and O–H groups in total. The number of amides is 1. The van der Waals surface area contributed by atoms with E-state index in [1.54, 1.807) is 12.2 Å². The van der Waals surface area contributed by atoms with Crippen molar-refractivity contribution in [3.63, 3.8) is 0 Å². The number of aryl methyl sites for hydroxylation is 1. The third kappa shape index (κ3) is 7.49. The number of rotatable bonds is 10. The van der Waals surface area contributed by atoms with Crippen molar-refractivity contribution in [2.75, 3.05) is 6.61 Å². The molecule has 0 saturated carbocycles. The molecule has 0 spiro atoms. The second-order valence-corrected chi connectivity index (χ2v) is 5.26. The first-order valence-electron chi connectivity index (χ1n) is 7.91. The predicted octanol–water partition coefficient (Wildman–Crippen LogP) is 2.94. The monoisotopic (exact) mass is 319 g/mol. The Labute approximate surface area is 137 Å². The average molecular weight is 319 g/mol. The maximum atomic E-state index is 11.9. The molecule has 0 aliphatic carbocycles. The van der Waals surface area contributed by atoms with Crippen LogP contribution in [0.3, 0.4) is 0 Å². The van der Waals surface area contributed by atoms with E-state index >= 15 is 0 Å². The number of ether oxygens (including phenoxy) is 1. The van der Waals surface area contributed by atoms with Crippen LogP contribution < -0.4 is 10.1 Å². The van der Waals surface area contributed by atoms with Crippen LogP contribution in [0.15, 0.2) is 36.4 Å². The predicted molar refractivity (Wildman–Crippen MR) is 89.5 cm³/mol. The summed E-state index contributed by atoms with van der Waals surface area (Å²) in [5.41, 5.74) is 1.02. The molecule has 0 saturated heterocycles. The van der Waals surface area contributed by atoms with Crippen molar-refractivity contribution >= 4 is 11.9 Å². The van der Waals surface area contributed by atoms with E-state index in [4.69, 9.17) is 9.84 Å². The molecule has 1 atom stereocenters. The third-order valence-corrected chi connectivity index (χ3v) is 3.28. The maximum absolute atomic E-state index is 11.9. The van der Waals surface area contributed by atoms with Gasteiger partial charge < -0.3 is 15.2 Å². The Morgan fingerprint density at radius 3 is 2.57 bits per heavy atom. The van der Waals surface area contributed by atoms with Gasteiger partial charge in [0.15, 0.2) is 0 Å². The summed E-state index contributed by atoms with van der Waals surface area (Å²) in [6, 6.07) is 6.74. The van der Waals surface area contributed by atoms with E-state index in [-0.39, 0.29) is 12.3 Å². The maximum Gasteiger partial charge on any atom is 0.326 e. The van der Waals surface area contributed by atoms with Gasteiger partial charge in [0, 0.05) is 6.42 Å². The molecule has 1 aromatic carbocycles. The van der Waals surface area contributed by atoms with Crippen molar-refractivity contribution in [1.29, 1.82) is 0 Å².